The van der Waals surface area contributed by atoms with E-state index in [4.69, 9.17) is 5.10 Å². The van der Waals surface area contributed by atoms with Gasteiger partial charge in [-0.15, -0.1) is 0 Å². The second-order valence-corrected chi connectivity index (χ2v) is 10.3. The molecule has 1 amide bonds. The van der Waals surface area contributed by atoms with Gasteiger partial charge in [0.1, 0.15) is 5.82 Å². The van der Waals surface area contributed by atoms with Crippen LogP contribution in [0.15, 0.2) is 54.6 Å². The summed E-state index contributed by atoms with van der Waals surface area (Å²) in [6.45, 7) is -0.172. The Labute approximate surface area is 212 Å². The molecule has 0 spiro atoms. The first-order chi connectivity index (χ1) is 17.6. The zero-order valence-corrected chi connectivity index (χ0v) is 20.8. The summed E-state index contributed by atoms with van der Waals surface area (Å²) in [6, 6.07) is 16.2. The molecular formula is C30H36FN3O2. The third kappa shape index (κ3) is 5.39. The van der Waals surface area contributed by atoms with Crippen LogP contribution in [0.5, 0.6) is 0 Å². The molecule has 3 aromatic rings. The molecule has 2 atom stereocenters. The van der Waals surface area contributed by atoms with E-state index < -0.39 is 6.04 Å². The highest BCUT2D eigenvalue weighted by Gasteiger charge is 2.33. The first kappa shape index (κ1) is 24.7. The Morgan fingerprint density at radius 1 is 1.00 bits per heavy atom. The summed E-state index contributed by atoms with van der Waals surface area (Å²) >= 11 is 0. The molecule has 1 fully saturated rings. The van der Waals surface area contributed by atoms with Crippen molar-refractivity contribution in [3.63, 3.8) is 0 Å². The molecule has 1 unspecified atom stereocenters. The third-order valence-corrected chi connectivity index (χ3v) is 7.89. The molecule has 36 heavy (non-hydrogen) atoms. The number of halogens is 1. The molecule has 5 rings (SSSR count). The van der Waals surface area contributed by atoms with Crippen molar-refractivity contribution in [3.05, 3.63) is 88.5 Å². The van der Waals surface area contributed by atoms with E-state index in [0.717, 1.165) is 61.6 Å². The first-order valence-corrected chi connectivity index (χ1v) is 13.5. The number of rotatable bonds is 7. The van der Waals surface area contributed by atoms with Crippen molar-refractivity contribution < 1.29 is 14.3 Å². The number of hydrogen-bond donors (Lipinski definition) is 2. The fraction of sp³-hybridized carbons (Fsp3) is 0.467. The largest absolute Gasteiger partial charge is 0.394 e. The number of carbonyl (C=O) groups excluding carboxylic acids is 1. The Morgan fingerprint density at radius 3 is 2.44 bits per heavy atom. The number of hydrogen-bond acceptors (Lipinski definition) is 3. The van der Waals surface area contributed by atoms with Crippen LogP contribution >= 0.6 is 0 Å². The van der Waals surface area contributed by atoms with Gasteiger partial charge in [0.05, 0.1) is 18.7 Å². The van der Waals surface area contributed by atoms with Gasteiger partial charge in [-0.1, -0.05) is 68.1 Å². The van der Waals surface area contributed by atoms with Crippen LogP contribution in [0, 0.1) is 5.82 Å². The molecular weight excluding hydrogens is 453 g/mol. The van der Waals surface area contributed by atoms with Crippen LogP contribution in [0.2, 0.25) is 0 Å². The highest BCUT2D eigenvalue weighted by Crippen LogP contribution is 2.39. The quantitative estimate of drug-likeness (QED) is 0.398. The van der Waals surface area contributed by atoms with Crippen LogP contribution in [-0.2, 0) is 12.8 Å². The smallest absolute Gasteiger partial charge is 0.272 e. The minimum atomic E-state index is -0.477. The van der Waals surface area contributed by atoms with E-state index in [1.165, 1.54) is 37.1 Å². The van der Waals surface area contributed by atoms with Crippen LogP contribution in [0.3, 0.4) is 0 Å². The molecule has 2 aliphatic rings. The summed E-state index contributed by atoms with van der Waals surface area (Å²) < 4.78 is 15.7. The van der Waals surface area contributed by atoms with Gasteiger partial charge < -0.3 is 10.4 Å². The lowest BCUT2D eigenvalue weighted by Crippen LogP contribution is -2.31. The van der Waals surface area contributed by atoms with Gasteiger partial charge in [0.2, 0.25) is 0 Å². The summed E-state index contributed by atoms with van der Waals surface area (Å²) in [5, 5.41) is 18.1. The van der Waals surface area contributed by atoms with Crippen molar-refractivity contribution in [2.24, 2.45) is 0 Å². The highest BCUT2D eigenvalue weighted by atomic mass is 19.1. The van der Waals surface area contributed by atoms with Crippen molar-refractivity contribution in [1.82, 2.24) is 15.1 Å². The number of amides is 1. The number of fused-ring (bicyclic) bond motifs is 1. The van der Waals surface area contributed by atoms with Gasteiger partial charge in [0.25, 0.3) is 5.91 Å². The molecule has 1 saturated carbocycles. The maximum atomic E-state index is 13.6. The average Bonchev–Trinajstić information content (AvgIpc) is 3.19. The highest BCUT2D eigenvalue weighted by molar-refractivity contribution is 5.94. The predicted molar refractivity (Wildman–Crippen MR) is 138 cm³/mol. The fourth-order valence-electron chi connectivity index (χ4n) is 6.03. The van der Waals surface area contributed by atoms with E-state index >= 15 is 0 Å². The second-order valence-electron chi connectivity index (χ2n) is 10.3. The van der Waals surface area contributed by atoms with Crippen molar-refractivity contribution in [2.75, 3.05) is 6.61 Å². The predicted octanol–water partition coefficient (Wildman–Crippen LogP) is 6.04. The van der Waals surface area contributed by atoms with E-state index in [1.807, 2.05) is 42.5 Å². The summed E-state index contributed by atoms with van der Waals surface area (Å²) in [7, 11) is 0. The Balaban J connectivity index is 1.51. The van der Waals surface area contributed by atoms with Crippen LogP contribution in [0.1, 0.15) is 102 Å². The zero-order chi connectivity index (χ0) is 24.9. The number of benzene rings is 2. The van der Waals surface area contributed by atoms with Gasteiger partial charge >= 0.3 is 0 Å². The van der Waals surface area contributed by atoms with E-state index in [1.54, 1.807) is 0 Å². The molecule has 0 aliphatic heterocycles. The zero-order valence-electron chi connectivity index (χ0n) is 20.8. The number of aromatic nitrogens is 2. The van der Waals surface area contributed by atoms with Crippen molar-refractivity contribution in [2.45, 2.75) is 82.2 Å². The fourth-order valence-corrected chi connectivity index (χ4v) is 6.03. The average molecular weight is 490 g/mol. The second kappa shape index (κ2) is 11.4. The van der Waals surface area contributed by atoms with Crippen molar-refractivity contribution >= 4 is 5.91 Å². The molecule has 2 aromatic carbocycles. The molecule has 0 bridgehead atoms. The molecule has 0 saturated heterocycles. The number of carbonyl (C=O) groups is 1. The van der Waals surface area contributed by atoms with Gasteiger partial charge in [-0.25, -0.2) is 4.39 Å². The molecule has 1 heterocycles. The maximum absolute atomic E-state index is 13.6. The van der Waals surface area contributed by atoms with Crippen LogP contribution in [-0.4, -0.2) is 27.4 Å². The summed E-state index contributed by atoms with van der Waals surface area (Å²) in [5.41, 5.74) is 4.76. The first-order valence-electron chi connectivity index (χ1n) is 13.5. The topological polar surface area (TPSA) is 67.2 Å². The third-order valence-electron chi connectivity index (χ3n) is 7.89. The summed E-state index contributed by atoms with van der Waals surface area (Å²) in [6.07, 6.45) is 10.6. The monoisotopic (exact) mass is 489 g/mol. The van der Waals surface area contributed by atoms with Crippen molar-refractivity contribution in [1.29, 1.82) is 0 Å². The van der Waals surface area contributed by atoms with Gasteiger partial charge in [0.15, 0.2) is 5.69 Å². The minimum Gasteiger partial charge on any atom is -0.394 e. The Morgan fingerprint density at radius 2 is 1.72 bits per heavy atom. The number of aliphatic hydroxyl groups excluding tert-OH is 1. The maximum Gasteiger partial charge on any atom is 0.272 e. The molecule has 6 heteroatoms. The Kier molecular flexibility index (Phi) is 7.81. The minimum absolute atomic E-state index is 0.172. The molecule has 190 valence electrons. The molecule has 2 N–H and O–H groups in total. The van der Waals surface area contributed by atoms with Crippen LogP contribution in [0.25, 0.3) is 0 Å². The standard InChI is InChI=1S/C30H36FN3O2/c31-24-17-15-21(16-18-24)19-23-11-7-8-14-26-28(33-34(29(23)26)25-12-5-2-6-13-25)30(36)32-27(20-35)22-9-3-1-4-10-22/h1,3-4,9-10,15-18,23,25,27,35H,2,5-8,11-14,19-20H2,(H,32,36)/t23?,27-/m0/s1. The van der Waals surface area contributed by atoms with Gasteiger partial charge in [-0.3, -0.25) is 9.48 Å². The molecule has 2 aliphatic carbocycles. The van der Waals surface area contributed by atoms with E-state index in [0.29, 0.717) is 11.7 Å². The van der Waals surface area contributed by atoms with Gasteiger partial charge in [-0.2, -0.15) is 5.10 Å². The van der Waals surface area contributed by atoms with Gasteiger partial charge in [-0.05, 0) is 61.8 Å². The lowest BCUT2D eigenvalue weighted by atomic mass is 9.89. The molecule has 5 nitrogen and oxygen atoms in total. The van der Waals surface area contributed by atoms with Gasteiger partial charge in [0, 0.05) is 17.2 Å². The van der Waals surface area contributed by atoms with Crippen LogP contribution in [0.4, 0.5) is 4.39 Å². The van der Waals surface area contributed by atoms with Crippen LogP contribution < -0.4 is 5.32 Å². The van der Waals surface area contributed by atoms with E-state index in [2.05, 4.69) is 10.00 Å². The van der Waals surface area contributed by atoms with Crippen molar-refractivity contribution in [3.8, 4) is 0 Å². The molecule has 1 aromatic heterocycles. The normalized spacial score (nSPS) is 19.3. The van der Waals surface area contributed by atoms with E-state index in [9.17, 15) is 14.3 Å². The van der Waals surface area contributed by atoms with E-state index in [-0.39, 0.29) is 24.2 Å². The number of nitrogens with one attached hydrogen (secondary N) is 1. The lowest BCUT2D eigenvalue weighted by Gasteiger charge is -2.27. The SMILES string of the molecule is O=C(N[C@@H](CO)c1ccccc1)c1nn(C2CCCCC2)c2c1CCCCC2Cc1ccc(F)cc1. The number of aliphatic hydroxyl groups is 1. The number of nitrogens with zero attached hydrogens (tertiary/aromatic N) is 2. The molecule has 0 radical (unpaired) electrons. The summed E-state index contributed by atoms with van der Waals surface area (Å²) in [4.78, 5) is 13.6. The Bertz CT molecular complexity index is 1150. The summed E-state index contributed by atoms with van der Waals surface area (Å²) in [5.74, 6) is -0.193. The Hall–Kier alpha value is -2.99. The lowest BCUT2D eigenvalue weighted by molar-refractivity contribution is 0.0908.